The van der Waals surface area contributed by atoms with Crippen LogP contribution in [-0.2, 0) is 6.61 Å². The van der Waals surface area contributed by atoms with Crippen LogP contribution in [0.25, 0.3) is 0 Å². The van der Waals surface area contributed by atoms with Crippen LogP contribution in [-0.4, -0.2) is 79.0 Å². The Morgan fingerprint density at radius 2 is 1.97 bits per heavy atom. The standard InChI is InChI=1S/C26H30N6O6/c1-15-20(10-22(34)31(15)26(36)30-8-6-19(33)12-30)21-11-23(32(29-21)25(35)18-7-9-37-14-18)38-13-16-2-4-17(5-3-16)24(27)28/h2-5,7,9,11,14-15,19-20,22,33-34H,6,8,10,12-13H2,1H3,(H3,27,28). The van der Waals surface area contributed by atoms with Gasteiger partial charge >= 0.3 is 6.03 Å². The molecule has 4 unspecified atom stereocenters. The van der Waals surface area contributed by atoms with Gasteiger partial charge in [-0.15, -0.1) is 0 Å². The number of rotatable bonds is 6. The molecule has 4 heterocycles. The first-order valence-electron chi connectivity index (χ1n) is 12.4. The minimum atomic E-state index is -1.03. The van der Waals surface area contributed by atoms with Crippen LogP contribution in [0, 0.1) is 5.41 Å². The number of hydrogen-bond donors (Lipinski definition) is 4. The Bertz CT molecular complexity index is 1320. The molecule has 2 fully saturated rings. The van der Waals surface area contributed by atoms with Crippen LogP contribution < -0.4 is 10.5 Å². The van der Waals surface area contributed by atoms with Gasteiger partial charge in [-0.3, -0.25) is 15.1 Å². The Morgan fingerprint density at radius 1 is 1.21 bits per heavy atom. The molecule has 12 nitrogen and oxygen atoms in total. The molecule has 38 heavy (non-hydrogen) atoms. The van der Waals surface area contributed by atoms with Gasteiger partial charge in [0.2, 0.25) is 5.88 Å². The molecule has 0 saturated carbocycles. The predicted octanol–water partition coefficient (Wildman–Crippen LogP) is 1.71. The zero-order chi connectivity index (χ0) is 27.0. The van der Waals surface area contributed by atoms with Gasteiger partial charge in [0, 0.05) is 43.1 Å². The molecule has 4 atom stereocenters. The van der Waals surface area contributed by atoms with Gasteiger partial charge in [-0.25, -0.2) is 4.79 Å². The lowest BCUT2D eigenvalue weighted by Gasteiger charge is -2.30. The molecule has 3 aromatic rings. The van der Waals surface area contributed by atoms with Crippen molar-refractivity contribution in [3.63, 3.8) is 0 Å². The number of carbonyl (C=O) groups excluding carboxylic acids is 2. The summed E-state index contributed by atoms with van der Waals surface area (Å²) in [6.45, 7) is 2.63. The minimum absolute atomic E-state index is 0.0350. The number of hydrogen-bond acceptors (Lipinski definition) is 8. The highest BCUT2D eigenvalue weighted by atomic mass is 16.5. The summed E-state index contributed by atoms with van der Waals surface area (Å²) >= 11 is 0. The third-order valence-corrected chi connectivity index (χ3v) is 7.15. The predicted molar refractivity (Wildman–Crippen MR) is 135 cm³/mol. The summed E-state index contributed by atoms with van der Waals surface area (Å²) in [5.74, 6) is -0.627. The molecule has 0 bridgehead atoms. The van der Waals surface area contributed by atoms with Gasteiger partial charge in [0.05, 0.1) is 23.6 Å². The van der Waals surface area contributed by atoms with Gasteiger partial charge < -0.3 is 30.0 Å². The van der Waals surface area contributed by atoms with Crippen molar-refractivity contribution in [2.45, 2.75) is 50.7 Å². The first kappa shape index (κ1) is 25.5. The quantitative estimate of drug-likeness (QED) is 0.280. The van der Waals surface area contributed by atoms with Crippen molar-refractivity contribution >= 4 is 17.8 Å². The normalized spacial score (nSPS) is 23.1. The minimum Gasteiger partial charge on any atom is -0.473 e. The molecule has 2 saturated heterocycles. The molecule has 5 rings (SSSR count). The molecule has 12 heteroatoms. The second kappa shape index (κ2) is 10.3. The number of aliphatic hydroxyl groups is 2. The molecule has 2 aliphatic rings. The van der Waals surface area contributed by atoms with Crippen molar-refractivity contribution in [2.75, 3.05) is 13.1 Å². The summed E-state index contributed by atoms with van der Waals surface area (Å²) in [4.78, 5) is 29.2. The van der Waals surface area contributed by atoms with Crippen LogP contribution in [0.4, 0.5) is 4.79 Å². The van der Waals surface area contributed by atoms with Crippen molar-refractivity contribution in [3.8, 4) is 5.88 Å². The van der Waals surface area contributed by atoms with Crippen molar-refractivity contribution in [1.82, 2.24) is 19.6 Å². The number of nitrogens with one attached hydrogen (secondary N) is 1. The third-order valence-electron chi connectivity index (χ3n) is 7.15. The summed E-state index contributed by atoms with van der Waals surface area (Å²) in [7, 11) is 0. The number of amides is 2. The number of carbonyl (C=O) groups is 2. The van der Waals surface area contributed by atoms with Crippen LogP contribution in [0.15, 0.2) is 53.3 Å². The van der Waals surface area contributed by atoms with E-state index < -0.39 is 24.3 Å². The molecule has 0 aliphatic carbocycles. The topological polar surface area (TPSA) is 171 Å². The van der Waals surface area contributed by atoms with Crippen molar-refractivity contribution in [2.24, 2.45) is 5.73 Å². The first-order valence-corrected chi connectivity index (χ1v) is 12.4. The van der Waals surface area contributed by atoms with Crippen molar-refractivity contribution in [1.29, 1.82) is 5.41 Å². The molecular weight excluding hydrogens is 492 g/mol. The maximum atomic E-state index is 13.2. The Balaban J connectivity index is 1.39. The van der Waals surface area contributed by atoms with Crippen LogP contribution in [0.5, 0.6) is 5.88 Å². The summed E-state index contributed by atoms with van der Waals surface area (Å²) in [6, 6.07) is 9.44. The highest BCUT2D eigenvalue weighted by Gasteiger charge is 2.45. The lowest BCUT2D eigenvalue weighted by atomic mass is 9.98. The molecule has 0 spiro atoms. The van der Waals surface area contributed by atoms with E-state index in [1.165, 1.54) is 23.5 Å². The Hall–Kier alpha value is -4.16. The molecule has 2 aliphatic heterocycles. The van der Waals surface area contributed by atoms with Crippen LogP contribution >= 0.6 is 0 Å². The summed E-state index contributed by atoms with van der Waals surface area (Å²) in [5.41, 5.74) is 7.71. The summed E-state index contributed by atoms with van der Waals surface area (Å²) in [6.07, 6.45) is 1.87. The van der Waals surface area contributed by atoms with E-state index in [4.69, 9.17) is 20.3 Å². The molecule has 0 radical (unpaired) electrons. The lowest BCUT2D eigenvalue weighted by Crippen LogP contribution is -2.48. The number of nitrogens with two attached hydrogens (primary N) is 1. The van der Waals surface area contributed by atoms with Crippen molar-refractivity contribution < 1.29 is 29.0 Å². The van der Waals surface area contributed by atoms with Crippen LogP contribution in [0.1, 0.15) is 52.9 Å². The number of likely N-dealkylation sites (tertiary alicyclic amines) is 2. The average Bonchev–Trinajstić information content (AvgIpc) is 3.70. The lowest BCUT2D eigenvalue weighted by molar-refractivity contribution is 0.0339. The third kappa shape index (κ3) is 4.87. The highest BCUT2D eigenvalue weighted by Crippen LogP contribution is 2.38. The number of nitrogen functional groups attached to an aromatic ring is 1. The van der Waals surface area contributed by atoms with Crippen LogP contribution in [0.2, 0.25) is 0 Å². The Morgan fingerprint density at radius 3 is 2.61 bits per heavy atom. The second-order valence-electron chi connectivity index (χ2n) is 9.68. The zero-order valence-electron chi connectivity index (χ0n) is 20.9. The number of urea groups is 1. The van der Waals surface area contributed by atoms with Gasteiger partial charge in [0.25, 0.3) is 5.91 Å². The number of ether oxygens (including phenoxy) is 1. The highest BCUT2D eigenvalue weighted by molar-refractivity contribution is 5.96. The zero-order valence-corrected chi connectivity index (χ0v) is 20.9. The molecule has 5 N–H and O–H groups in total. The van der Waals surface area contributed by atoms with Crippen molar-refractivity contribution in [3.05, 3.63) is 71.3 Å². The molecule has 1 aromatic carbocycles. The number of aromatic nitrogens is 2. The molecule has 2 aromatic heterocycles. The van der Waals surface area contributed by atoms with E-state index in [0.29, 0.717) is 29.8 Å². The van der Waals surface area contributed by atoms with Crippen LogP contribution in [0.3, 0.4) is 0 Å². The molecule has 200 valence electrons. The van der Waals surface area contributed by atoms with E-state index in [2.05, 4.69) is 5.10 Å². The summed E-state index contributed by atoms with van der Waals surface area (Å²) in [5, 5.41) is 32.7. The fourth-order valence-electron chi connectivity index (χ4n) is 5.01. The number of benzene rings is 1. The number of β-amino-alcohol motifs (C(OH)–C–C–N with tert-alkyl or cyclic N) is 1. The average molecular weight is 523 g/mol. The van der Waals surface area contributed by atoms with Gasteiger partial charge in [0.15, 0.2) is 0 Å². The fourth-order valence-corrected chi connectivity index (χ4v) is 5.01. The van der Waals surface area contributed by atoms with E-state index in [0.717, 1.165) is 10.2 Å². The van der Waals surface area contributed by atoms with Gasteiger partial charge in [-0.1, -0.05) is 24.3 Å². The fraction of sp³-hybridized carbons (Fsp3) is 0.385. The Labute approximate surface area is 218 Å². The number of aliphatic hydroxyl groups excluding tert-OH is 2. The smallest absolute Gasteiger partial charge is 0.322 e. The van der Waals surface area contributed by atoms with E-state index in [1.54, 1.807) is 35.2 Å². The second-order valence-corrected chi connectivity index (χ2v) is 9.68. The monoisotopic (exact) mass is 522 g/mol. The van der Waals surface area contributed by atoms with E-state index >= 15 is 0 Å². The largest absolute Gasteiger partial charge is 0.473 e. The number of furan rings is 1. The summed E-state index contributed by atoms with van der Waals surface area (Å²) < 4.78 is 12.2. The number of nitrogens with zero attached hydrogens (tertiary/aromatic N) is 4. The van der Waals surface area contributed by atoms with Gasteiger partial charge in [0.1, 0.15) is 24.9 Å². The Kier molecular flexibility index (Phi) is 6.91. The SMILES string of the molecule is CC1C(c2cc(OCc3ccc(C(=N)N)cc3)n(C(=O)c3ccoc3)n2)CC(O)N1C(=O)N1CCC(O)C1. The van der Waals surface area contributed by atoms with E-state index in [-0.39, 0.29) is 43.2 Å². The number of amidine groups is 1. The first-order chi connectivity index (χ1) is 18.2. The van der Waals surface area contributed by atoms with Gasteiger partial charge in [-0.05, 0) is 25.0 Å². The maximum absolute atomic E-state index is 13.2. The molecular formula is C26H30N6O6. The van der Waals surface area contributed by atoms with Gasteiger partial charge in [-0.2, -0.15) is 9.78 Å². The van der Waals surface area contributed by atoms with E-state index in [1.807, 2.05) is 6.92 Å². The van der Waals surface area contributed by atoms with E-state index in [9.17, 15) is 19.8 Å². The maximum Gasteiger partial charge on any atom is 0.322 e. The molecule has 2 amide bonds.